The zero-order chi connectivity index (χ0) is 11.5. The summed E-state index contributed by atoms with van der Waals surface area (Å²) in [5.41, 5.74) is 0.398. The smallest absolute Gasteiger partial charge is 0.290 e. The molecule has 0 fully saturated rings. The highest BCUT2D eigenvalue weighted by molar-refractivity contribution is 8.40. The molecule has 0 aliphatic heterocycles. The number of amides is 2. The zero-order valence-corrected chi connectivity index (χ0v) is 10.6. The van der Waals surface area contributed by atoms with Crippen molar-refractivity contribution in [1.82, 2.24) is 5.32 Å². The lowest BCUT2D eigenvalue weighted by Gasteiger charge is -2.20. The van der Waals surface area contributed by atoms with Crippen LogP contribution < -0.4 is 5.32 Å². The van der Waals surface area contributed by atoms with Gasteiger partial charge in [-0.2, -0.15) is 0 Å². The molecule has 6 heteroatoms. The second-order valence-corrected chi connectivity index (χ2v) is 6.30. The fraction of sp³-hybridized carbons (Fsp3) is 0.200. The lowest BCUT2D eigenvalue weighted by atomic mass is 10.2. The van der Waals surface area contributed by atoms with Crippen molar-refractivity contribution in [3.8, 4) is 0 Å². The summed E-state index contributed by atoms with van der Waals surface area (Å²) in [7, 11) is -2.38. The van der Waals surface area contributed by atoms with Crippen LogP contribution in [0.1, 0.15) is 10.4 Å². The highest BCUT2D eigenvalue weighted by Gasteiger charge is 2.20. The number of imide groups is 1. The molecule has 2 N–H and O–H groups in total. The predicted octanol–water partition coefficient (Wildman–Crippen LogP) is 2.50. The molecule has 2 amide bonds. The van der Waals surface area contributed by atoms with Gasteiger partial charge in [0.15, 0.2) is 0 Å². The van der Waals surface area contributed by atoms with Crippen LogP contribution in [0, 0.1) is 0 Å². The third-order valence-corrected chi connectivity index (χ3v) is 2.71. The van der Waals surface area contributed by atoms with Gasteiger partial charge in [-0.25, -0.2) is 0 Å². The number of rotatable bonds is 1. The maximum Gasteiger partial charge on any atom is 0.290 e. The number of hydrogen-bond acceptors (Lipinski definition) is 3. The summed E-state index contributed by atoms with van der Waals surface area (Å²) in [6, 6.07) is 8.39. The largest absolute Gasteiger partial charge is 0.343 e. The molecule has 1 aromatic carbocycles. The normalized spacial score (nSPS) is 11.2. The Morgan fingerprint density at radius 3 is 2.12 bits per heavy atom. The first-order valence-corrected chi connectivity index (χ1v) is 6.68. The van der Waals surface area contributed by atoms with Gasteiger partial charge in [0.25, 0.3) is 11.1 Å². The third kappa shape index (κ3) is 4.22. The van der Waals surface area contributed by atoms with E-state index in [1.807, 2.05) is 0 Å². The maximum absolute atomic E-state index is 11.5. The molecule has 0 spiro atoms. The summed E-state index contributed by atoms with van der Waals surface area (Å²) in [6.45, 7) is 0. The molecule has 1 aromatic rings. The molecular formula is C10H14ClNO3S. The SMILES string of the molecule is CS(C)(O)C(=O)NC(=O)c1ccccc1.Cl. The van der Waals surface area contributed by atoms with Crippen LogP contribution in [-0.4, -0.2) is 28.2 Å². The Balaban J connectivity index is 0.00000225. The number of nitrogens with one attached hydrogen (secondary N) is 1. The lowest BCUT2D eigenvalue weighted by molar-refractivity contribution is 0.0969. The standard InChI is InChI=1S/C10H13NO3S.ClH/c1-15(2,14)10(13)11-9(12)8-6-4-3-5-7-8;/h3-7,14H,1-2H3,(H,11,12,13);1H. The molecular weight excluding hydrogens is 250 g/mol. The van der Waals surface area contributed by atoms with Crippen LogP contribution in [0.5, 0.6) is 0 Å². The average Bonchev–Trinajstić information content (AvgIpc) is 2.17. The Morgan fingerprint density at radius 1 is 1.19 bits per heavy atom. The molecule has 4 nitrogen and oxygen atoms in total. The van der Waals surface area contributed by atoms with Gasteiger partial charge in [0, 0.05) is 5.56 Å². The van der Waals surface area contributed by atoms with E-state index in [4.69, 9.17) is 0 Å². The average molecular weight is 264 g/mol. The summed E-state index contributed by atoms with van der Waals surface area (Å²) in [5.74, 6) is -0.491. The quantitative estimate of drug-likeness (QED) is 0.818. The van der Waals surface area contributed by atoms with E-state index in [2.05, 4.69) is 5.32 Å². The molecule has 0 saturated heterocycles. The van der Waals surface area contributed by atoms with Gasteiger partial charge in [-0.05, 0) is 24.6 Å². The first-order chi connectivity index (χ1) is 6.91. The Labute approximate surface area is 102 Å². The van der Waals surface area contributed by atoms with Gasteiger partial charge >= 0.3 is 0 Å². The second-order valence-electron chi connectivity index (χ2n) is 3.38. The van der Waals surface area contributed by atoms with Crippen LogP contribution in [-0.2, 0) is 0 Å². The molecule has 90 valence electrons. The zero-order valence-electron chi connectivity index (χ0n) is 8.97. The topological polar surface area (TPSA) is 66.4 Å². The highest BCUT2D eigenvalue weighted by atomic mass is 35.5. The van der Waals surface area contributed by atoms with Crippen molar-refractivity contribution in [1.29, 1.82) is 0 Å². The summed E-state index contributed by atoms with van der Waals surface area (Å²) in [6.07, 6.45) is 2.81. The Bertz CT molecular complexity index is 375. The summed E-state index contributed by atoms with van der Waals surface area (Å²) in [5, 5.41) is 1.52. The molecule has 0 unspecified atom stereocenters. The minimum atomic E-state index is -2.38. The van der Waals surface area contributed by atoms with Crippen LogP contribution >= 0.6 is 22.7 Å². The van der Waals surface area contributed by atoms with Gasteiger partial charge in [-0.3, -0.25) is 14.9 Å². The third-order valence-electron chi connectivity index (χ3n) is 1.71. The summed E-state index contributed by atoms with van der Waals surface area (Å²) < 4.78 is 9.40. The predicted molar refractivity (Wildman–Crippen MR) is 68.6 cm³/mol. The van der Waals surface area contributed by atoms with E-state index in [1.165, 1.54) is 12.5 Å². The molecule has 0 bridgehead atoms. The van der Waals surface area contributed by atoms with Crippen molar-refractivity contribution in [2.45, 2.75) is 0 Å². The van der Waals surface area contributed by atoms with Crippen molar-refractivity contribution in [3.05, 3.63) is 35.9 Å². The number of hydrogen-bond donors (Lipinski definition) is 2. The van der Waals surface area contributed by atoms with E-state index in [-0.39, 0.29) is 12.4 Å². The molecule has 0 radical (unpaired) electrons. The van der Waals surface area contributed by atoms with Crippen molar-refractivity contribution in [3.63, 3.8) is 0 Å². The minimum absolute atomic E-state index is 0. The van der Waals surface area contributed by atoms with Crippen molar-refractivity contribution in [2.75, 3.05) is 12.5 Å². The second kappa shape index (κ2) is 5.89. The number of benzene rings is 1. The number of carbonyl (C=O) groups excluding carboxylic acids is 2. The van der Waals surface area contributed by atoms with E-state index < -0.39 is 21.5 Å². The Kier molecular flexibility index (Phi) is 5.50. The van der Waals surface area contributed by atoms with E-state index >= 15 is 0 Å². The van der Waals surface area contributed by atoms with Gasteiger partial charge in [0.2, 0.25) is 0 Å². The molecule has 0 saturated carbocycles. The molecule has 0 atom stereocenters. The number of carbonyl (C=O) groups is 2. The summed E-state index contributed by atoms with van der Waals surface area (Å²) >= 11 is 0. The van der Waals surface area contributed by atoms with Gasteiger partial charge in [-0.1, -0.05) is 28.5 Å². The minimum Gasteiger partial charge on any atom is -0.343 e. The van der Waals surface area contributed by atoms with Crippen molar-refractivity contribution in [2.24, 2.45) is 0 Å². The summed E-state index contributed by atoms with van der Waals surface area (Å²) in [4.78, 5) is 22.8. The van der Waals surface area contributed by atoms with E-state index in [9.17, 15) is 14.1 Å². The maximum atomic E-state index is 11.5. The fourth-order valence-corrected chi connectivity index (χ4v) is 1.22. The molecule has 0 aliphatic rings. The molecule has 1 rings (SSSR count). The first-order valence-electron chi connectivity index (χ1n) is 4.27. The van der Waals surface area contributed by atoms with Crippen LogP contribution in [0.25, 0.3) is 0 Å². The lowest BCUT2D eigenvalue weighted by Crippen LogP contribution is -2.32. The highest BCUT2D eigenvalue weighted by Crippen LogP contribution is 2.34. The Hall–Kier alpha value is -1.04. The van der Waals surface area contributed by atoms with Crippen LogP contribution in [0.15, 0.2) is 30.3 Å². The van der Waals surface area contributed by atoms with Gasteiger partial charge in [0.1, 0.15) is 0 Å². The van der Waals surface area contributed by atoms with E-state index in [0.717, 1.165) is 0 Å². The van der Waals surface area contributed by atoms with Gasteiger partial charge < -0.3 is 4.55 Å². The van der Waals surface area contributed by atoms with E-state index in [1.54, 1.807) is 30.3 Å². The molecule has 0 aromatic heterocycles. The van der Waals surface area contributed by atoms with E-state index in [0.29, 0.717) is 5.56 Å². The van der Waals surface area contributed by atoms with Gasteiger partial charge in [0.05, 0.1) is 0 Å². The van der Waals surface area contributed by atoms with Gasteiger partial charge in [-0.15, -0.1) is 12.4 Å². The van der Waals surface area contributed by atoms with Crippen LogP contribution in [0.2, 0.25) is 0 Å². The van der Waals surface area contributed by atoms with Crippen LogP contribution in [0.3, 0.4) is 0 Å². The van der Waals surface area contributed by atoms with Crippen molar-refractivity contribution < 1.29 is 14.1 Å². The Morgan fingerprint density at radius 2 is 1.69 bits per heavy atom. The van der Waals surface area contributed by atoms with Crippen molar-refractivity contribution >= 4 is 33.9 Å². The van der Waals surface area contributed by atoms with Crippen LogP contribution in [0.4, 0.5) is 4.79 Å². The fourth-order valence-electron chi connectivity index (χ4n) is 0.879. The first kappa shape index (κ1) is 15.0. The number of halogens is 1. The molecule has 16 heavy (non-hydrogen) atoms. The molecule has 0 heterocycles. The monoisotopic (exact) mass is 263 g/mol. The molecule has 0 aliphatic carbocycles.